The van der Waals surface area contributed by atoms with E-state index in [0.717, 1.165) is 29.8 Å². The van der Waals surface area contributed by atoms with E-state index in [1.807, 2.05) is 12.1 Å². The molecule has 2 aromatic carbocycles. The Bertz CT molecular complexity index is 775. The standard InChI is InChI=1S/C19H19FN2O2/c20-14-6-4-12(5-7-14)15-2-1-3-16-17-11-22(19(23)24)10-13(17)8-9-21-18(15)16/h1-7,13,17,21H,8-11H2,(H,23,24). The van der Waals surface area contributed by atoms with Gasteiger partial charge in [0.2, 0.25) is 0 Å². The van der Waals surface area contributed by atoms with Crippen molar-refractivity contribution in [2.24, 2.45) is 5.92 Å². The lowest BCUT2D eigenvalue weighted by Gasteiger charge is -2.19. The van der Waals surface area contributed by atoms with Gasteiger partial charge in [0.05, 0.1) is 0 Å². The molecule has 5 heteroatoms. The summed E-state index contributed by atoms with van der Waals surface area (Å²) in [6.45, 7) is 1.96. The summed E-state index contributed by atoms with van der Waals surface area (Å²) in [6, 6.07) is 12.6. The van der Waals surface area contributed by atoms with Gasteiger partial charge in [0.25, 0.3) is 0 Å². The third kappa shape index (κ3) is 2.50. The van der Waals surface area contributed by atoms with E-state index >= 15 is 0 Å². The normalized spacial score (nSPS) is 22.3. The fraction of sp³-hybridized carbons (Fsp3) is 0.316. The predicted octanol–water partition coefficient (Wildman–Crippen LogP) is 4.00. The highest BCUT2D eigenvalue weighted by molar-refractivity contribution is 5.81. The summed E-state index contributed by atoms with van der Waals surface area (Å²) >= 11 is 0. The summed E-state index contributed by atoms with van der Waals surface area (Å²) in [7, 11) is 0. The van der Waals surface area contributed by atoms with Crippen molar-refractivity contribution in [1.29, 1.82) is 0 Å². The molecule has 0 spiro atoms. The molecule has 2 aliphatic heterocycles. The zero-order chi connectivity index (χ0) is 16.7. The minimum Gasteiger partial charge on any atom is -0.465 e. The minimum absolute atomic E-state index is 0.214. The van der Waals surface area contributed by atoms with Gasteiger partial charge in [0, 0.05) is 36.8 Å². The number of likely N-dealkylation sites (tertiary alicyclic amines) is 1. The maximum absolute atomic E-state index is 13.2. The number of fused-ring (bicyclic) bond motifs is 3. The number of nitrogens with one attached hydrogen (secondary N) is 1. The first-order chi connectivity index (χ1) is 11.6. The number of hydrogen-bond acceptors (Lipinski definition) is 2. The average molecular weight is 326 g/mol. The van der Waals surface area contributed by atoms with E-state index in [0.29, 0.717) is 19.0 Å². The average Bonchev–Trinajstić information content (AvgIpc) is 2.92. The van der Waals surface area contributed by atoms with Crippen molar-refractivity contribution >= 4 is 11.8 Å². The first kappa shape index (κ1) is 15.0. The largest absolute Gasteiger partial charge is 0.465 e. The second-order valence-corrected chi connectivity index (χ2v) is 6.55. The number of carboxylic acid groups (broad SMARTS) is 1. The molecule has 1 fully saturated rings. The zero-order valence-electron chi connectivity index (χ0n) is 13.2. The number of anilines is 1. The summed E-state index contributed by atoms with van der Waals surface area (Å²) < 4.78 is 13.2. The van der Waals surface area contributed by atoms with Crippen LogP contribution in [0, 0.1) is 11.7 Å². The smallest absolute Gasteiger partial charge is 0.407 e. The van der Waals surface area contributed by atoms with Gasteiger partial charge in [-0.2, -0.15) is 0 Å². The van der Waals surface area contributed by atoms with E-state index in [1.54, 1.807) is 12.1 Å². The Balaban J connectivity index is 1.77. The Labute approximate surface area is 139 Å². The number of amides is 1. The lowest BCUT2D eigenvalue weighted by atomic mass is 9.85. The lowest BCUT2D eigenvalue weighted by molar-refractivity contribution is 0.153. The number of nitrogens with zero attached hydrogens (tertiary/aromatic N) is 1. The number of carbonyl (C=O) groups is 1. The van der Waals surface area contributed by atoms with E-state index in [4.69, 9.17) is 0 Å². The zero-order valence-corrected chi connectivity index (χ0v) is 13.2. The molecule has 0 aliphatic carbocycles. The van der Waals surface area contributed by atoms with Crippen LogP contribution in [-0.2, 0) is 0 Å². The van der Waals surface area contributed by atoms with Crippen LogP contribution in [-0.4, -0.2) is 35.7 Å². The van der Waals surface area contributed by atoms with E-state index < -0.39 is 6.09 Å². The molecule has 0 aromatic heterocycles. The van der Waals surface area contributed by atoms with Gasteiger partial charge < -0.3 is 15.3 Å². The van der Waals surface area contributed by atoms with Crippen molar-refractivity contribution in [2.45, 2.75) is 12.3 Å². The summed E-state index contributed by atoms with van der Waals surface area (Å²) in [6.07, 6.45) is 0.110. The highest BCUT2D eigenvalue weighted by atomic mass is 19.1. The second kappa shape index (κ2) is 5.82. The van der Waals surface area contributed by atoms with Crippen molar-refractivity contribution in [3.63, 3.8) is 0 Å². The summed E-state index contributed by atoms with van der Waals surface area (Å²) in [5.41, 5.74) is 4.24. The van der Waals surface area contributed by atoms with E-state index in [-0.39, 0.29) is 11.7 Å². The molecule has 124 valence electrons. The molecule has 4 nitrogen and oxygen atoms in total. The molecular weight excluding hydrogens is 307 g/mol. The van der Waals surface area contributed by atoms with E-state index in [1.165, 1.54) is 22.6 Å². The summed E-state index contributed by atoms with van der Waals surface area (Å²) in [5, 5.41) is 12.8. The van der Waals surface area contributed by atoms with Gasteiger partial charge in [0.15, 0.2) is 0 Å². The minimum atomic E-state index is -0.840. The van der Waals surface area contributed by atoms with Crippen LogP contribution in [0.5, 0.6) is 0 Å². The van der Waals surface area contributed by atoms with E-state index in [9.17, 15) is 14.3 Å². The van der Waals surface area contributed by atoms with Gasteiger partial charge in [-0.1, -0.05) is 30.3 Å². The van der Waals surface area contributed by atoms with Crippen LogP contribution in [0.15, 0.2) is 42.5 Å². The van der Waals surface area contributed by atoms with E-state index in [2.05, 4.69) is 11.4 Å². The predicted molar refractivity (Wildman–Crippen MR) is 90.8 cm³/mol. The number of benzene rings is 2. The quantitative estimate of drug-likeness (QED) is 0.833. The van der Waals surface area contributed by atoms with Crippen LogP contribution in [0.2, 0.25) is 0 Å². The highest BCUT2D eigenvalue weighted by Crippen LogP contribution is 2.43. The lowest BCUT2D eigenvalue weighted by Crippen LogP contribution is -2.27. The molecule has 2 unspecified atom stereocenters. The van der Waals surface area contributed by atoms with Gasteiger partial charge in [-0.15, -0.1) is 0 Å². The molecule has 2 N–H and O–H groups in total. The Morgan fingerprint density at radius 1 is 1.17 bits per heavy atom. The molecule has 0 bridgehead atoms. The van der Waals surface area contributed by atoms with Crippen LogP contribution >= 0.6 is 0 Å². The molecule has 2 aromatic rings. The SMILES string of the molecule is O=C(O)N1CC2CCNc3c(-c4ccc(F)cc4)cccc3C2C1. The molecule has 2 heterocycles. The molecule has 24 heavy (non-hydrogen) atoms. The third-order valence-electron chi connectivity index (χ3n) is 5.18. The Morgan fingerprint density at radius 2 is 1.96 bits per heavy atom. The first-order valence-electron chi connectivity index (χ1n) is 8.24. The van der Waals surface area contributed by atoms with Crippen molar-refractivity contribution in [3.05, 3.63) is 53.8 Å². The summed E-state index contributed by atoms with van der Waals surface area (Å²) in [5.74, 6) is 0.312. The number of hydrogen-bond donors (Lipinski definition) is 2. The Morgan fingerprint density at radius 3 is 2.71 bits per heavy atom. The topological polar surface area (TPSA) is 52.6 Å². The molecule has 0 radical (unpaired) electrons. The number of para-hydroxylation sites is 1. The third-order valence-corrected chi connectivity index (χ3v) is 5.18. The van der Waals surface area contributed by atoms with Crippen molar-refractivity contribution in [3.8, 4) is 11.1 Å². The Hall–Kier alpha value is -2.56. The van der Waals surface area contributed by atoms with Crippen molar-refractivity contribution in [1.82, 2.24) is 4.90 Å². The van der Waals surface area contributed by atoms with Crippen LogP contribution in [0.1, 0.15) is 17.9 Å². The highest BCUT2D eigenvalue weighted by Gasteiger charge is 2.38. The number of halogens is 1. The maximum atomic E-state index is 13.2. The molecule has 4 rings (SSSR count). The van der Waals surface area contributed by atoms with Crippen molar-refractivity contribution < 1.29 is 14.3 Å². The molecule has 1 amide bonds. The maximum Gasteiger partial charge on any atom is 0.407 e. The number of rotatable bonds is 1. The van der Waals surface area contributed by atoms with Crippen LogP contribution < -0.4 is 5.32 Å². The molecule has 2 atom stereocenters. The first-order valence-corrected chi connectivity index (χ1v) is 8.24. The van der Waals surface area contributed by atoms with Crippen LogP contribution in [0.3, 0.4) is 0 Å². The fourth-order valence-corrected chi connectivity index (χ4v) is 4.00. The molecule has 2 aliphatic rings. The molecule has 1 saturated heterocycles. The van der Waals surface area contributed by atoms with Crippen LogP contribution in [0.25, 0.3) is 11.1 Å². The second-order valence-electron chi connectivity index (χ2n) is 6.55. The van der Waals surface area contributed by atoms with Gasteiger partial charge in [-0.3, -0.25) is 0 Å². The molecule has 0 saturated carbocycles. The van der Waals surface area contributed by atoms with Crippen molar-refractivity contribution in [2.75, 3.05) is 25.0 Å². The van der Waals surface area contributed by atoms with Gasteiger partial charge in [-0.25, -0.2) is 9.18 Å². The van der Waals surface area contributed by atoms with Gasteiger partial charge in [0.1, 0.15) is 5.82 Å². The monoisotopic (exact) mass is 326 g/mol. The van der Waals surface area contributed by atoms with Crippen LogP contribution in [0.4, 0.5) is 14.9 Å². The van der Waals surface area contributed by atoms with Gasteiger partial charge >= 0.3 is 6.09 Å². The Kier molecular flexibility index (Phi) is 3.63. The van der Waals surface area contributed by atoms with Gasteiger partial charge in [-0.05, 0) is 35.6 Å². The fourth-order valence-electron chi connectivity index (χ4n) is 4.00. The molecular formula is C19H19FN2O2. The summed E-state index contributed by atoms with van der Waals surface area (Å²) in [4.78, 5) is 12.9.